The monoisotopic (exact) mass is 693 g/mol. The van der Waals surface area contributed by atoms with Crippen molar-refractivity contribution in [1.29, 1.82) is 0 Å². The Morgan fingerprint density at radius 3 is 2.48 bits per heavy atom. The van der Waals surface area contributed by atoms with Gasteiger partial charge in [-0.05, 0) is 0 Å². The molecule has 46 heavy (non-hydrogen) atoms. The summed E-state index contributed by atoms with van der Waals surface area (Å²) in [6, 6.07) is -0.953. The number of hydrogen-bond donors (Lipinski definition) is 7. The first-order valence-corrected chi connectivity index (χ1v) is 16.7. The van der Waals surface area contributed by atoms with Crippen molar-refractivity contribution in [2.45, 2.75) is 67.6 Å². The molecule has 2 bridgehead atoms. The molecular weight excluding hydrogens is 664 g/mol. The number of nitrogens with zero attached hydrogens (tertiary/aromatic N) is 5. The van der Waals surface area contributed by atoms with Gasteiger partial charge in [-0.25, -0.2) is 19.1 Å². The molecule has 0 radical (unpaired) electrons. The lowest BCUT2D eigenvalue weighted by Crippen LogP contribution is -2.70. The van der Waals surface area contributed by atoms with Crippen LogP contribution in [0.1, 0.15) is 6.23 Å². The molecule has 5 unspecified atom stereocenters. The average molecular weight is 693 g/mol. The van der Waals surface area contributed by atoms with Crippen molar-refractivity contribution in [3.63, 3.8) is 0 Å². The second kappa shape index (κ2) is 11.8. The predicted octanol–water partition coefficient (Wildman–Crippen LogP) is -3.86. The highest BCUT2D eigenvalue weighted by molar-refractivity contribution is 7.47. The fourth-order valence-electron chi connectivity index (χ4n) is 5.99. The third-order valence-corrected chi connectivity index (χ3v) is 9.98. The second-order valence-electron chi connectivity index (χ2n) is 10.8. The van der Waals surface area contributed by atoms with Crippen LogP contribution in [0.15, 0.2) is 22.4 Å². The fourth-order valence-corrected chi connectivity index (χ4v) is 7.88. The molecule has 2 aromatic heterocycles. The molecule has 0 spiro atoms. The van der Waals surface area contributed by atoms with Gasteiger partial charge in [-0.3, -0.25) is 48.3 Å². The summed E-state index contributed by atoms with van der Waals surface area (Å²) >= 11 is 0. The number of H-pyrrole nitrogens is 1. The van der Waals surface area contributed by atoms with E-state index in [-0.39, 0.29) is 11.2 Å². The lowest BCUT2D eigenvalue weighted by Gasteiger charge is -2.39. The van der Waals surface area contributed by atoms with Gasteiger partial charge in [-0.15, -0.1) is 0 Å². The molecule has 4 fully saturated rings. The highest BCUT2D eigenvalue weighted by Gasteiger charge is 2.57. The Balaban J connectivity index is 1.18. The number of amides is 1. The van der Waals surface area contributed by atoms with Gasteiger partial charge in [0.05, 0.1) is 32.2 Å². The van der Waals surface area contributed by atoms with Crippen molar-refractivity contribution in [2.75, 3.05) is 20.3 Å². The number of aromatic nitrogens is 4. The number of phosphoric acid groups is 2. The summed E-state index contributed by atoms with van der Waals surface area (Å²) in [6.45, 7) is -1.47. The van der Waals surface area contributed by atoms with Crippen LogP contribution >= 0.6 is 15.6 Å². The third kappa shape index (κ3) is 5.61. The highest BCUT2D eigenvalue weighted by atomic mass is 31.2. The van der Waals surface area contributed by atoms with Crippen molar-refractivity contribution in [3.05, 3.63) is 23.0 Å². The summed E-state index contributed by atoms with van der Waals surface area (Å²) in [7, 11) is -8.82. The first kappa shape index (κ1) is 31.8. The molecule has 0 aromatic carbocycles. The van der Waals surface area contributed by atoms with E-state index in [1.165, 1.54) is 22.9 Å². The van der Waals surface area contributed by atoms with Gasteiger partial charge in [-0.1, -0.05) is 0 Å². The molecule has 23 nitrogen and oxygen atoms in total. The van der Waals surface area contributed by atoms with Gasteiger partial charge < -0.3 is 44.3 Å². The van der Waals surface area contributed by atoms with Crippen LogP contribution in [0.25, 0.3) is 11.2 Å². The van der Waals surface area contributed by atoms with Gasteiger partial charge in [0, 0.05) is 7.11 Å². The quantitative estimate of drug-likeness (QED) is 0.151. The number of phosphoric ester groups is 2. The topological polar surface area (TPSA) is 306 Å². The average Bonchev–Trinajstić information content (AvgIpc) is 3.75. The highest BCUT2D eigenvalue weighted by Crippen LogP contribution is 2.53. The minimum Gasteiger partial charge on any atom is -0.386 e. The fraction of sp³-hybridized carbons (Fsp3) is 0.667. The lowest BCUT2D eigenvalue weighted by atomic mass is 10.1. The third-order valence-electron chi connectivity index (χ3n) is 8.01. The summed E-state index contributed by atoms with van der Waals surface area (Å²) in [6.07, 6.45) is -9.66. The van der Waals surface area contributed by atoms with Crippen LogP contribution in [0.5, 0.6) is 0 Å². The molecule has 0 saturated carbocycles. The van der Waals surface area contributed by atoms with E-state index in [1.807, 2.05) is 0 Å². The van der Waals surface area contributed by atoms with Crippen molar-refractivity contribution in [1.82, 2.24) is 35.1 Å². The molecule has 7 rings (SSSR count). The van der Waals surface area contributed by atoms with E-state index in [1.54, 1.807) is 0 Å². The van der Waals surface area contributed by atoms with Crippen molar-refractivity contribution < 1.29 is 61.1 Å². The summed E-state index contributed by atoms with van der Waals surface area (Å²) in [5.74, 6) is -0.483. The zero-order valence-electron chi connectivity index (χ0n) is 23.5. The summed E-state index contributed by atoms with van der Waals surface area (Å²) in [5, 5.41) is 16.6. The van der Waals surface area contributed by atoms with Crippen LogP contribution in [-0.4, -0.2) is 133 Å². The van der Waals surface area contributed by atoms with Gasteiger partial charge in [0.1, 0.15) is 49.1 Å². The normalized spacial score (nSPS) is 44.7. The standard InChI is InChI=1S/C21H29N9O14P2/c1-38-13-8-3-40-45(34,35)43-12-7(41-19(11(12)31)29-5-25-9-15(29)23-4-24-17(9)32)2-39-46(36,37)44-14(13)20(42-8)30-6-26-10-16(30)27-21(22)28-18(10)33/h4-8,10-14,16,19-21,27,31H,2-3,22H2,1H3,(H,28,33)(H,34,35)(H,36,37)(H,23,24,32)/t7-,8-,10?,11-,12-,13-,14-,16?,19-,20-,21?/m1/s1. The van der Waals surface area contributed by atoms with Crippen LogP contribution in [-0.2, 0) is 46.2 Å². The molecule has 0 aliphatic carbocycles. The molecule has 8 N–H and O–H groups in total. The van der Waals surface area contributed by atoms with E-state index in [2.05, 4.69) is 30.6 Å². The van der Waals surface area contributed by atoms with Crippen molar-refractivity contribution in [3.8, 4) is 0 Å². The van der Waals surface area contributed by atoms with Crippen LogP contribution in [0, 0.1) is 0 Å². The van der Waals surface area contributed by atoms with E-state index in [4.69, 9.17) is 38.0 Å². The number of rotatable bonds is 3. The SMILES string of the molecule is CO[C@H]1[C@H]2OP(=O)(O)OC[C@H]3O[C@@H](n4cnc5c(=O)[nH]cnc54)[C@H](O)[C@@H]3OP(=O)(O)OC[C@H]1O[C@H]2N1C=NC2C(=O)NC(N)NC21. The Hall–Kier alpha value is -2.73. The maximum Gasteiger partial charge on any atom is 0.472 e. The van der Waals surface area contributed by atoms with Crippen LogP contribution in [0.2, 0.25) is 0 Å². The van der Waals surface area contributed by atoms with E-state index in [0.717, 1.165) is 12.7 Å². The van der Waals surface area contributed by atoms with Gasteiger partial charge in [0.2, 0.25) is 0 Å². The van der Waals surface area contributed by atoms with Crippen LogP contribution in [0.4, 0.5) is 0 Å². The zero-order chi connectivity index (χ0) is 32.5. The number of hydrogen-bond acceptors (Lipinski definition) is 18. The Labute approximate surface area is 257 Å². The number of imidazole rings is 1. The number of nitrogens with one attached hydrogen (secondary N) is 3. The number of nitrogens with two attached hydrogens (primary N) is 1. The number of carbonyl (C=O) groups excluding carboxylic acids is 1. The lowest BCUT2D eigenvalue weighted by molar-refractivity contribution is -0.130. The molecule has 13 atom stereocenters. The van der Waals surface area contributed by atoms with Crippen LogP contribution in [0.3, 0.4) is 0 Å². The number of carbonyl (C=O) groups is 1. The number of ether oxygens (including phenoxy) is 3. The maximum absolute atomic E-state index is 13.4. The largest absolute Gasteiger partial charge is 0.472 e. The number of aliphatic hydroxyl groups excluding tert-OH is 1. The molecule has 1 amide bonds. The molecule has 5 aliphatic rings. The molecule has 25 heteroatoms. The van der Waals surface area contributed by atoms with E-state index < -0.39 is 108 Å². The van der Waals surface area contributed by atoms with Gasteiger partial charge in [0.25, 0.3) is 11.5 Å². The Kier molecular flexibility index (Phi) is 8.14. The number of aliphatic hydroxyl groups is 1. The number of methoxy groups -OCH3 is 1. The van der Waals surface area contributed by atoms with E-state index in [9.17, 15) is 33.6 Å². The molecule has 252 valence electrons. The number of aromatic amines is 1. The smallest absolute Gasteiger partial charge is 0.386 e. The molecule has 2 aromatic rings. The number of aliphatic imine (C=N–C) groups is 1. The van der Waals surface area contributed by atoms with Crippen molar-refractivity contribution >= 4 is 39.1 Å². The van der Waals surface area contributed by atoms with E-state index in [0.29, 0.717) is 0 Å². The Morgan fingerprint density at radius 2 is 1.74 bits per heavy atom. The zero-order valence-corrected chi connectivity index (χ0v) is 25.3. The molecule has 5 aliphatic heterocycles. The minimum atomic E-state index is -5.04. The van der Waals surface area contributed by atoms with Gasteiger partial charge in [0.15, 0.2) is 29.7 Å². The molecule has 4 saturated heterocycles. The number of fused-ring (bicyclic) bond motifs is 5. The Morgan fingerprint density at radius 1 is 1.04 bits per heavy atom. The first-order valence-electron chi connectivity index (χ1n) is 13.7. The van der Waals surface area contributed by atoms with E-state index >= 15 is 0 Å². The minimum absolute atomic E-state index is 0.00562. The summed E-state index contributed by atoms with van der Waals surface area (Å²) in [4.78, 5) is 62.0. The van der Waals surface area contributed by atoms with Gasteiger partial charge in [-0.2, -0.15) is 0 Å². The summed E-state index contributed by atoms with van der Waals surface area (Å²) in [5.41, 5.74) is 5.22. The molecule has 7 heterocycles. The predicted molar refractivity (Wildman–Crippen MR) is 146 cm³/mol. The second-order valence-corrected chi connectivity index (χ2v) is 13.6. The first-order chi connectivity index (χ1) is 21.9. The summed E-state index contributed by atoms with van der Waals surface area (Å²) < 4.78 is 66.5. The maximum atomic E-state index is 13.4. The Bertz CT molecular complexity index is 1690. The van der Waals surface area contributed by atoms with Gasteiger partial charge >= 0.3 is 15.6 Å². The van der Waals surface area contributed by atoms with Crippen molar-refractivity contribution in [2.24, 2.45) is 10.7 Å². The molecular formula is C21H29N9O14P2. The van der Waals surface area contributed by atoms with Crippen LogP contribution < -0.4 is 21.9 Å².